The first-order chi connectivity index (χ1) is 12.4. The van der Waals surface area contributed by atoms with E-state index in [1.54, 1.807) is 12.1 Å². The highest BCUT2D eigenvalue weighted by molar-refractivity contribution is 5.99. The molecule has 2 aromatic heterocycles. The van der Waals surface area contributed by atoms with Crippen LogP contribution in [0.15, 0.2) is 42.6 Å². The van der Waals surface area contributed by atoms with Crippen molar-refractivity contribution >= 4 is 17.0 Å². The molecule has 5 nitrogen and oxygen atoms in total. The highest BCUT2D eigenvalue weighted by Gasteiger charge is 2.31. The van der Waals surface area contributed by atoms with Gasteiger partial charge in [0.15, 0.2) is 0 Å². The Labute approximate surface area is 146 Å². The molecule has 0 aliphatic carbocycles. The molecule has 0 unspecified atom stereocenters. The summed E-state index contributed by atoms with van der Waals surface area (Å²) in [6, 6.07) is 9.99. The number of nitriles is 1. The van der Waals surface area contributed by atoms with Gasteiger partial charge in [0.2, 0.25) is 0 Å². The number of alkyl halides is 3. The molecule has 8 heteroatoms. The molecule has 0 atom stereocenters. The summed E-state index contributed by atoms with van der Waals surface area (Å²) in [5.74, 6) is -0.758. The lowest BCUT2D eigenvalue weighted by molar-refractivity contribution is -0.137. The molecule has 0 bridgehead atoms. The van der Waals surface area contributed by atoms with Crippen LogP contribution in [0, 0.1) is 11.3 Å². The van der Waals surface area contributed by atoms with E-state index in [1.165, 1.54) is 30.0 Å². The van der Waals surface area contributed by atoms with Gasteiger partial charge < -0.3 is 9.30 Å². The molecule has 0 radical (unpaired) electrons. The molecule has 3 rings (SSSR count). The fourth-order valence-corrected chi connectivity index (χ4v) is 2.78. The first-order valence-electron chi connectivity index (χ1n) is 7.48. The normalized spacial score (nSPS) is 11.3. The number of hydrogen-bond acceptors (Lipinski definition) is 4. The molecule has 2 heterocycles. The summed E-state index contributed by atoms with van der Waals surface area (Å²) >= 11 is 0. The van der Waals surface area contributed by atoms with E-state index >= 15 is 0 Å². The number of esters is 1. The number of benzene rings is 1. The largest absolute Gasteiger partial charge is 0.464 e. The van der Waals surface area contributed by atoms with Crippen LogP contribution in [0.3, 0.4) is 0 Å². The molecule has 26 heavy (non-hydrogen) atoms. The fraction of sp³-hybridized carbons (Fsp3) is 0.167. The third kappa shape index (κ3) is 2.99. The van der Waals surface area contributed by atoms with Crippen molar-refractivity contribution in [3.8, 4) is 6.07 Å². The Morgan fingerprint density at radius 1 is 1.31 bits per heavy atom. The van der Waals surface area contributed by atoms with E-state index in [4.69, 9.17) is 4.74 Å². The summed E-state index contributed by atoms with van der Waals surface area (Å²) in [6.07, 6.45) is -3.00. The summed E-state index contributed by atoms with van der Waals surface area (Å²) in [5, 5.41) is 9.43. The van der Waals surface area contributed by atoms with Gasteiger partial charge in [0.05, 0.1) is 18.2 Å². The average molecular weight is 359 g/mol. The first-order valence-corrected chi connectivity index (χ1v) is 7.48. The van der Waals surface area contributed by atoms with Crippen molar-refractivity contribution in [2.24, 2.45) is 0 Å². The maximum Gasteiger partial charge on any atom is 0.416 e. The maximum absolute atomic E-state index is 12.9. The third-order valence-electron chi connectivity index (χ3n) is 3.91. The summed E-state index contributed by atoms with van der Waals surface area (Å²) in [5.41, 5.74) is 0.282. The number of aromatic nitrogens is 2. The van der Waals surface area contributed by atoms with Gasteiger partial charge in [-0.2, -0.15) is 18.4 Å². The molecular weight excluding hydrogens is 347 g/mol. The lowest BCUT2D eigenvalue weighted by Crippen LogP contribution is -2.13. The monoisotopic (exact) mass is 359 g/mol. The maximum atomic E-state index is 12.9. The number of hydrogen-bond donors (Lipinski definition) is 0. The number of fused-ring (bicyclic) bond motifs is 1. The average Bonchev–Trinajstić information content (AvgIpc) is 2.94. The molecule has 0 aliphatic rings. The Morgan fingerprint density at radius 2 is 2.08 bits per heavy atom. The predicted molar refractivity (Wildman–Crippen MR) is 86.3 cm³/mol. The molecule has 0 N–H and O–H groups in total. The van der Waals surface area contributed by atoms with Crippen LogP contribution in [0.4, 0.5) is 13.2 Å². The predicted octanol–water partition coefficient (Wildman–Crippen LogP) is 3.76. The zero-order valence-corrected chi connectivity index (χ0v) is 13.5. The Kier molecular flexibility index (Phi) is 4.38. The smallest absolute Gasteiger partial charge is 0.416 e. The molecule has 0 saturated heterocycles. The minimum atomic E-state index is -4.47. The van der Waals surface area contributed by atoms with E-state index in [-0.39, 0.29) is 17.8 Å². The molecule has 132 valence electrons. The number of carbonyl (C=O) groups is 1. The van der Waals surface area contributed by atoms with Crippen molar-refractivity contribution in [3.05, 3.63) is 65.0 Å². The van der Waals surface area contributed by atoms with Crippen molar-refractivity contribution in [2.45, 2.75) is 12.7 Å². The molecule has 0 fully saturated rings. The van der Waals surface area contributed by atoms with Crippen LogP contribution in [-0.4, -0.2) is 22.6 Å². The number of carbonyl (C=O) groups excluding carboxylic acids is 1. The van der Waals surface area contributed by atoms with Crippen molar-refractivity contribution < 1.29 is 22.7 Å². The van der Waals surface area contributed by atoms with Crippen molar-refractivity contribution in [1.29, 1.82) is 5.26 Å². The van der Waals surface area contributed by atoms with Gasteiger partial charge in [-0.3, -0.25) is 4.98 Å². The minimum absolute atomic E-state index is 0.0272. The van der Waals surface area contributed by atoms with Crippen LogP contribution in [-0.2, 0) is 17.5 Å². The van der Waals surface area contributed by atoms with E-state index in [2.05, 4.69) is 4.98 Å². The van der Waals surface area contributed by atoms with Crippen LogP contribution < -0.4 is 0 Å². The lowest BCUT2D eigenvalue weighted by Gasteiger charge is -2.12. The number of methoxy groups -OCH3 is 1. The highest BCUT2D eigenvalue weighted by atomic mass is 19.4. The standard InChI is InChI=1S/C18H12F3N3O2/c1-26-17(25)16-13(9-22)15-14(6-3-7-23-15)24(16)10-11-4-2-5-12(8-11)18(19,20)21/h2-8H,10H2,1H3. The lowest BCUT2D eigenvalue weighted by atomic mass is 10.1. The Morgan fingerprint density at radius 3 is 2.73 bits per heavy atom. The number of nitrogens with zero attached hydrogens (tertiary/aromatic N) is 3. The van der Waals surface area contributed by atoms with E-state index in [9.17, 15) is 23.2 Å². The van der Waals surface area contributed by atoms with Crippen molar-refractivity contribution in [2.75, 3.05) is 7.11 Å². The van der Waals surface area contributed by atoms with Crippen LogP contribution in [0.1, 0.15) is 27.2 Å². The van der Waals surface area contributed by atoms with Crippen molar-refractivity contribution in [3.63, 3.8) is 0 Å². The van der Waals surface area contributed by atoms with Crippen molar-refractivity contribution in [1.82, 2.24) is 9.55 Å². The van der Waals surface area contributed by atoms with E-state index in [1.807, 2.05) is 6.07 Å². The van der Waals surface area contributed by atoms with Gasteiger partial charge in [-0.05, 0) is 29.8 Å². The Bertz CT molecular complexity index is 1030. The number of ether oxygens (including phenoxy) is 1. The molecule has 0 aliphatic heterocycles. The number of rotatable bonds is 3. The van der Waals surface area contributed by atoms with Gasteiger partial charge in [0.25, 0.3) is 0 Å². The Hall–Kier alpha value is -3.34. The summed E-state index contributed by atoms with van der Waals surface area (Å²) in [4.78, 5) is 16.3. The fourth-order valence-electron chi connectivity index (χ4n) is 2.78. The van der Waals surface area contributed by atoms with E-state index < -0.39 is 17.7 Å². The second-order valence-electron chi connectivity index (χ2n) is 5.48. The van der Waals surface area contributed by atoms with Gasteiger partial charge >= 0.3 is 12.1 Å². The van der Waals surface area contributed by atoms with E-state index in [0.717, 1.165) is 12.1 Å². The number of pyridine rings is 1. The molecule has 0 spiro atoms. The van der Waals surface area contributed by atoms with Gasteiger partial charge in [0, 0.05) is 12.7 Å². The first kappa shape index (κ1) is 17.5. The molecule has 0 saturated carbocycles. The highest BCUT2D eigenvalue weighted by Crippen LogP contribution is 2.31. The third-order valence-corrected chi connectivity index (χ3v) is 3.91. The minimum Gasteiger partial charge on any atom is -0.464 e. The second-order valence-corrected chi connectivity index (χ2v) is 5.48. The number of halogens is 3. The van der Waals surface area contributed by atoms with Gasteiger partial charge in [-0.1, -0.05) is 12.1 Å². The van der Waals surface area contributed by atoms with Gasteiger partial charge in [0.1, 0.15) is 22.8 Å². The topological polar surface area (TPSA) is 67.9 Å². The zero-order chi connectivity index (χ0) is 18.9. The van der Waals surface area contributed by atoms with Gasteiger partial charge in [-0.25, -0.2) is 4.79 Å². The molecule has 1 aromatic carbocycles. The van der Waals surface area contributed by atoms with Crippen LogP contribution in [0.5, 0.6) is 0 Å². The van der Waals surface area contributed by atoms with E-state index in [0.29, 0.717) is 16.6 Å². The SMILES string of the molecule is COC(=O)c1c(C#N)c2ncccc2n1Cc1cccc(C(F)(F)F)c1. The molecule has 0 amide bonds. The molecule has 3 aromatic rings. The molecular formula is C18H12F3N3O2. The van der Waals surface area contributed by atoms with Crippen LogP contribution >= 0.6 is 0 Å². The quantitative estimate of drug-likeness (QED) is 0.668. The Balaban J connectivity index is 2.19. The summed E-state index contributed by atoms with van der Waals surface area (Å²) < 4.78 is 45.0. The summed E-state index contributed by atoms with van der Waals surface area (Å²) in [7, 11) is 1.17. The van der Waals surface area contributed by atoms with Crippen LogP contribution in [0.2, 0.25) is 0 Å². The second kappa shape index (κ2) is 6.52. The zero-order valence-electron chi connectivity index (χ0n) is 13.5. The summed E-state index contributed by atoms with van der Waals surface area (Å²) in [6.45, 7) is -0.0434. The van der Waals surface area contributed by atoms with Gasteiger partial charge in [-0.15, -0.1) is 0 Å². The van der Waals surface area contributed by atoms with Crippen LogP contribution in [0.25, 0.3) is 11.0 Å².